The number of carbonyl (C=O) groups is 1. The largest absolute Gasteiger partial charge is 0.492 e. The van der Waals surface area contributed by atoms with E-state index in [4.69, 9.17) is 16.3 Å². The zero-order chi connectivity index (χ0) is 16.8. The Hall–Kier alpha value is -1.69. The van der Waals surface area contributed by atoms with Crippen LogP contribution in [0, 0.1) is 5.82 Å². The van der Waals surface area contributed by atoms with Gasteiger partial charge < -0.3 is 9.68 Å². The van der Waals surface area contributed by atoms with Crippen molar-refractivity contribution in [2.45, 2.75) is 25.9 Å². The summed E-state index contributed by atoms with van der Waals surface area (Å²) in [7, 11) is -1.02. The molecule has 1 N–H and O–H groups in total. The molecule has 23 heavy (non-hydrogen) atoms. The van der Waals surface area contributed by atoms with E-state index in [-0.39, 0.29) is 17.0 Å². The first-order valence-corrected chi connectivity index (χ1v) is 7.64. The number of ketones is 1. The van der Waals surface area contributed by atoms with Crippen LogP contribution in [-0.2, 0) is 16.7 Å². The summed E-state index contributed by atoms with van der Waals surface area (Å²) in [4.78, 5) is 12.3. The second-order valence-corrected chi connectivity index (χ2v) is 6.51. The van der Waals surface area contributed by atoms with Gasteiger partial charge in [-0.1, -0.05) is 35.9 Å². The molecule has 0 fully saturated rings. The van der Waals surface area contributed by atoms with Crippen molar-refractivity contribution in [2.24, 2.45) is 0 Å². The molecule has 0 spiro atoms. The molecule has 6 heteroatoms. The molecule has 3 rings (SSSR count). The molecular formula is C17H15BClFO3. The van der Waals surface area contributed by atoms with Gasteiger partial charge in [0.2, 0.25) is 0 Å². The quantitative estimate of drug-likeness (QED) is 0.694. The first kappa shape index (κ1) is 16.2. The van der Waals surface area contributed by atoms with E-state index >= 15 is 0 Å². The van der Waals surface area contributed by atoms with E-state index in [0.29, 0.717) is 11.0 Å². The molecule has 0 bridgehead atoms. The Balaban J connectivity index is 1.90. The maximum Gasteiger partial charge on any atom is 0.492 e. The van der Waals surface area contributed by atoms with Crippen molar-refractivity contribution in [3.63, 3.8) is 0 Å². The zero-order valence-electron chi connectivity index (χ0n) is 12.8. The van der Waals surface area contributed by atoms with Gasteiger partial charge in [0, 0.05) is 6.42 Å². The van der Waals surface area contributed by atoms with Crippen molar-refractivity contribution < 1.29 is 18.9 Å². The van der Waals surface area contributed by atoms with Crippen molar-refractivity contribution in [3.05, 3.63) is 63.9 Å². The van der Waals surface area contributed by atoms with E-state index in [0.717, 1.165) is 5.56 Å². The van der Waals surface area contributed by atoms with Gasteiger partial charge in [0.1, 0.15) is 5.82 Å². The first-order chi connectivity index (χ1) is 10.8. The lowest BCUT2D eigenvalue weighted by Crippen LogP contribution is -2.29. The van der Waals surface area contributed by atoms with Crippen LogP contribution in [0.2, 0.25) is 5.02 Å². The molecule has 0 amide bonds. The van der Waals surface area contributed by atoms with E-state index in [1.54, 1.807) is 12.1 Å². The summed E-state index contributed by atoms with van der Waals surface area (Å²) in [5, 5.41) is 10.1. The summed E-state index contributed by atoms with van der Waals surface area (Å²) in [6.07, 6.45) is 0.00107. The Kier molecular flexibility index (Phi) is 4.04. The summed E-state index contributed by atoms with van der Waals surface area (Å²) in [6.45, 7) is 3.73. The van der Waals surface area contributed by atoms with Gasteiger partial charge in [-0.2, -0.15) is 0 Å². The minimum atomic E-state index is -1.02. The Bertz CT molecular complexity index is 771. The molecule has 2 aromatic carbocycles. The van der Waals surface area contributed by atoms with Gasteiger partial charge in [0.25, 0.3) is 0 Å². The van der Waals surface area contributed by atoms with Crippen LogP contribution < -0.4 is 5.46 Å². The molecule has 0 atom stereocenters. The van der Waals surface area contributed by atoms with Crippen molar-refractivity contribution >= 4 is 30.0 Å². The normalized spacial score (nSPS) is 15.6. The van der Waals surface area contributed by atoms with Gasteiger partial charge in [-0.25, -0.2) is 4.39 Å². The molecule has 0 radical (unpaired) electrons. The fourth-order valence-corrected chi connectivity index (χ4v) is 3.19. The third kappa shape index (κ3) is 2.92. The molecule has 1 aliphatic heterocycles. The molecule has 0 aromatic heterocycles. The Morgan fingerprint density at radius 3 is 2.78 bits per heavy atom. The maximum absolute atomic E-state index is 13.8. The lowest BCUT2D eigenvalue weighted by molar-refractivity contribution is 0.0987. The average Bonchev–Trinajstić information content (AvgIpc) is 2.68. The number of fused-ring (bicyclic) bond motifs is 1. The molecule has 1 heterocycles. The van der Waals surface area contributed by atoms with Gasteiger partial charge in [0.05, 0.1) is 16.2 Å². The van der Waals surface area contributed by atoms with E-state index in [1.165, 1.54) is 18.2 Å². The Morgan fingerprint density at radius 2 is 2.09 bits per heavy atom. The highest BCUT2D eigenvalue weighted by Gasteiger charge is 2.40. The Labute approximate surface area is 139 Å². The van der Waals surface area contributed by atoms with Crippen LogP contribution in [0.25, 0.3) is 0 Å². The number of hydrogen-bond donors (Lipinski definition) is 1. The summed E-state index contributed by atoms with van der Waals surface area (Å²) in [6, 6.07) is 9.50. The Morgan fingerprint density at radius 1 is 1.35 bits per heavy atom. The molecule has 0 unspecified atom stereocenters. The van der Waals surface area contributed by atoms with E-state index in [1.807, 2.05) is 19.9 Å². The molecular weight excluding hydrogens is 317 g/mol. The molecule has 3 nitrogen and oxygen atoms in total. The van der Waals surface area contributed by atoms with E-state index in [9.17, 15) is 14.2 Å². The van der Waals surface area contributed by atoms with Gasteiger partial charge >= 0.3 is 7.12 Å². The number of hydrogen-bond acceptors (Lipinski definition) is 3. The summed E-state index contributed by atoms with van der Waals surface area (Å²) in [5.41, 5.74) is 1.51. The third-order valence-electron chi connectivity index (χ3n) is 4.04. The maximum atomic E-state index is 13.8. The molecule has 0 aliphatic carbocycles. The fraction of sp³-hybridized carbons (Fsp3) is 0.235. The third-order valence-corrected chi connectivity index (χ3v) is 4.36. The van der Waals surface area contributed by atoms with Crippen LogP contribution in [-0.4, -0.2) is 17.9 Å². The fourth-order valence-electron chi connectivity index (χ4n) is 2.92. The van der Waals surface area contributed by atoms with Crippen LogP contribution >= 0.6 is 11.6 Å². The number of carbonyl (C=O) groups excluding carboxylic acids is 1. The van der Waals surface area contributed by atoms with Crippen molar-refractivity contribution in [1.29, 1.82) is 0 Å². The SMILES string of the molecule is CC1(C)OB(O)c2cc(CC(=O)c3c(F)cccc3Cl)ccc21. The van der Waals surface area contributed by atoms with E-state index in [2.05, 4.69) is 0 Å². The summed E-state index contributed by atoms with van der Waals surface area (Å²) < 4.78 is 19.3. The van der Waals surface area contributed by atoms with Gasteiger partial charge in [0.15, 0.2) is 5.78 Å². The highest BCUT2D eigenvalue weighted by molar-refractivity contribution is 6.62. The molecule has 0 saturated carbocycles. The van der Waals surface area contributed by atoms with Crippen molar-refractivity contribution in [2.75, 3.05) is 0 Å². The van der Waals surface area contributed by atoms with Crippen molar-refractivity contribution in [3.8, 4) is 0 Å². The lowest BCUT2D eigenvalue weighted by Gasteiger charge is -2.19. The average molecular weight is 333 g/mol. The number of halogens is 2. The number of Topliss-reactive ketones (excluding diaryl/α,β-unsaturated/α-hetero) is 1. The van der Waals surface area contributed by atoms with Crippen molar-refractivity contribution in [1.82, 2.24) is 0 Å². The van der Waals surface area contributed by atoms with Crippen LogP contribution in [0.5, 0.6) is 0 Å². The molecule has 118 valence electrons. The summed E-state index contributed by atoms with van der Waals surface area (Å²) >= 11 is 5.92. The topological polar surface area (TPSA) is 46.5 Å². The highest BCUT2D eigenvalue weighted by atomic mass is 35.5. The standard InChI is InChI=1S/C17H15BClFO3/c1-17(2)11-7-6-10(8-12(11)18(22)23-17)9-15(21)16-13(19)4-3-5-14(16)20/h3-8,22H,9H2,1-2H3. The second kappa shape index (κ2) is 5.75. The number of benzene rings is 2. The monoisotopic (exact) mass is 332 g/mol. The zero-order valence-corrected chi connectivity index (χ0v) is 13.5. The first-order valence-electron chi connectivity index (χ1n) is 7.26. The molecule has 0 saturated heterocycles. The predicted octanol–water partition coefficient (Wildman–Crippen LogP) is 2.86. The number of rotatable bonds is 3. The van der Waals surface area contributed by atoms with Crippen LogP contribution in [0.15, 0.2) is 36.4 Å². The van der Waals surface area contributed by atoms with Gasteiger partial charge in [-0.3, -0.25) is 4.79 Å². The minimum Gasteiger partial charge on any atom is -0.423 e. The van der Waals surface area contributed by atoms with Gasteiger partial charge in [-0.15, -0.1) is 0 Å². The highest BCUT2D eigenvalue weighted by Crippen LogP contribution is 2.30. The van der Waals surface area contributed by atoms with Crippen LogP contribution in [0.4, 0.5) is 4.39 Å². The van der Waals surface area contributed by atoms with Crippen LogP contribution in [0.3, 0.4) is 0 Å². The molecule has 1 aliphatic rings. The van der Waals surface area contributed by atoms with Gasteiger partial charge in [-0.05, 0) is 42.6 Å². The smallest absolute Gasteiger partial charge is 0.423 e. The predicted molar refractivity (Wildman–Crippen MR) is 87.6 cm³/mol. The minimum absolute atomic E-state index is 0.00107. The molecule has 2 aromatic rings. The van der Waals surface area contributed by atoms with E-state index < -0.39 is 24.3 Å². The lowest BCUT2D eigenvalue weighted by atomic mass is 9.77. The van der Waals surface area contributed by atoms with Crippen LogP contribution in [0.1, 0.15) is 35.3 Å². The second-order valence-electron chi connectivity index (χ2n) is 6.10. The summed E-state index contributed by atoms with van der Waals surface area (Å²) in [5.74, 6) is -1.03.